The number of aryl methyl sites for hydroxylation is 1. The highest BCUT2D eigenvalue weighted by atomic mass is 35.5. The maximum absolute atomic E-state index is 12.8. The van der Waals surface area contributed by atoms with Crippen LogP contribution in [-0.4, -0.2) is 35.5 Å². The topological polar surface area (TPSA) is 115 Å². The SMILES string of the molecule is Cn1c(C(=O)Nc2ccc(S(=O)(=O)Nc3cnccn3)cc2)cc2c(Cl)c(OC(F)F)ccc21. The summed E-state index contributed by atoms with van der Waals surface area (Å²) in [5.41, 5.74) is 1.07. The average molecular weight is 508 g/mol. The summed E-state index contributed by atoms with van der Waals surface area (Å²) in [6.07, 6.45) is 4.03. The van der Waals surface area contributed by atoms with Crippen LogP contribution in [0.5, 0.6) is 5.75 Å². The minimum Gasteiger partial charge on any atom is -0.433 e. The van der Waals surface area contributed by atoms with Crippen molar-refractivity contribution in [1.82, 2.24) is 14.5 Å². The van der Waals surface area contributed by atoms with Crippen molar-refractivity contribution >= 4 is 49.9 Å². The zero-order valence-electron chi connectivity index (χ0n) is 17.4. The summed E-state index contributed by atoms with van der Waals surface area (Å²) < 4.78 is 58.4. The molecule has 9 nitrogen and oxygen atoms in total. The summed E-state index contributed by atoms with van der Waals surface area (Å²) in [7, 11) is -2.28. The van der Waals surface area contributed by atoms with E-state index in [1.165, 1.54) is 61.1 Å². The third-order valence-electron chi connectivity index (χ3n) is 4.80. The van der Waals surface area contributed by atoms with E-state index >= 15 is 0 Å². The van der Waals surface area contributed by atoms with E-state index in [0.29, 0.717) is 16.6 Å². The lowest BCUT2D eigenvalue weighted by atomic mass is 10.2. The van der Waals surface area contributed by atoms with E-state index in [9.17, 15) is 22.0 Å². The Balaban J connectivity index is 1.54. The van der Waals surface area contributed by atoms with E-state index in [4.69, 9.17) is 11.6 Å². The third-order valence-corrected chi connectivity index (χ3v) is 6.56. The zero-order valence-corrected chi connectivity index (χ0v) is 18.9. The average Bonchev–Trinajstić information content (AvgIpc) is 3.13. The van der Waals surface area contributed by atoms with E-state index in [2.05, 4.69) is 24.7 Å². The van der Waals surface area contributed by atoms with Gasteiger partial charge in [-0.1, -0.05) is 11.6 Å². The number of ether oxygens (including phenoxy) is 1. The number of nitrogens with zero attached hydrogens (tertiary/aromatic N) is 3. The van der Waals surface area contributed by atoms with Crippen molar-refractivity contribution in [3.63, 3.8) is 0 Å². The van der Waals surface area contributed by atoms with Crippen LogP contribution in [0.2, 0.25) is 5.02 Å². The minimum absolute atomic E-state index is 0.0425. The van der Waals surface area contributed by atoms with E-state index in [1.54, 1.807) is 11.6 Å². The lowest BCUT2D eigenvalue weighted by Gasteiger charge is -2.09. The predicted octanol–water partition coefficient (Wildman–Crippen LogP) is 4.28. The van der Waals surface area contributed by atoms with Crippen LogP contribution >= 0.6 is 11.6 Å². The number of carbonyl (C=O) groups is 1. The molecule has 4 rings (SSSR count). The minimum atomic E-state index is -3.90. The Morgan fingerprint density at radius 2 is 1.88 bits per heavy atom. The molecule has 0 saturated carbocycles. The second kappa shape index (κ2) is 9.23. The Hall–Kier alpha value is -3.77. The van der Waals surface area contributed by atoms with Gasteiger partial charge >= 0.3 is 6.61 Å². The number of aromatic nitrogens is 3. The van der Waals surface area contributed by atoms with Crippen molar-refractivity contribution in [1.29, 1.82) is 0 Å². The van der Waals surface area contributed by atoms with Crippen LogP contribution in [0.25, 0.3) is 10.9 Å². The first-order valence-corrected chi connectivity index (χ1v) is 11.4. The molecule has 2 aromatic carbocycles. The number of benzene rings is 2. The monoisotopic (exact) mass is 507 g/mol. The lowest BCUT2D eigenvalue weighted by Crippen LogP contribution is -2.16. The summed E-state index contributed by atoms with van der Waals surface area (Å²) in [5.74, 6) is -0.649. The van der Waals surface area contributed by atoms with Gasteiger partial charge in [-0.15, -0.1) is 0 Å². The molecule has 13 heteroatoms. The van der Waals surface area contributed by atoms with Crippen LogP contribution in [0.4, 0.5) is 20.3 Å². The fourth-order valence-electron chi connectivity index (χ4n) is 3.22. The normalized spacial score (nSPS) is 11.6. The number of sulfonamides is 1. The predicted molar refractivity (Wildman–Crippen MR) is 122 cm³/mol. The fourth-order valence-corrected chi connectivity index (χ4v) is 4.47. The molecule has 0 atom stereocenters. The van der Waals surface area contributed by atoms with Gasteiger partial charge in [-0.2, -0.15) is 8.78 Å². The molecule has 0 aliphatic carbocycles. The van der Waals surface area contributed by atoms with Crippen LogP contribution in [-0.2, 0) is 17.1 Å². The number of anilines is 2. The number of halogens is 3. The van der Waals surface area contributed by atoms with Crippen molar-refractivity contribution in [2.75, 3.05) is 10.0 Å². The molecule has 4 aromatic rings. The third kappa shape index (κ3) is 4.77. The molecular formula is C21H16ClF2N5O4S. The van der Waals surface area contributed by atoms with Gasteiger partial charge in [0.2, 0.25) is 0 Å². The van der Waals surface area contributed by atoms with Crippen LogP contribution in [0.1, 0.15) is 10.5 Å². The Bertz CT molecular complexity index is 1460. The zero-order chi connectivity index (χ0) is 24.5. The van der Waals surface area contributed by atoms with Gasteiger partial charge in [0.1, 0.15) is 11.4 Å². The van der Waals surface area contributed by atoms with E-state index in [1.807, 2.05) is 0 Å². The summed E-state index contributed by atoms with van der Waals surface area (Å²) in [4.78, 5) is 20.4. The highest BCUT2D eigenvalue weighted by molar-refractivity contribution is 7.92. The van der Waals surface area contributed by atoms with Crippen LogP contribution < -0.4 is 14.8 Å². The van der Waals surface area contributed by atoms with Gasteiger partial charge in [0.25, 0.3) is 15.9 Å². The molecule has 0 aliphatic rings. The number of fused-ring (bicyclic) bond motifs is 1. The van der Waals surface area contributed by atoms with Gasteiger partial charge < -0.3 is 14.6 Å². The molecule has 0 spiro atoms. The van der Waals surface area contributed by atoms with E-state index < -0.39 is 22.5 Å². The number of hydrogen-bond acceptors (Lipinski definition) is 6. The Kier molecular flexibility index (Phi) is 6.35. The summed E-state index contributed by atoms with van der Waals surface area (Å²) >= 11 is 6.18. The molecule has 0 saturated heterocycles. The first-order valence-electron chi connectivity index (χ1n) is 9.58. The van der Waals surface area contributed by atoms with Crippen LogP contribution in [0.3, 0.4) is 0 Å². The molecule has 176 valence electrons. The summed E-state index contributed by atoms with van der Waals surface area (Å²) in [6, 6.07) is 9.75. The van der Waals surface area contributed by atoms with Gasteiger partial charge in [0.15, 0.2) is 5.82 Å². The van der Waals surface area contributed by atoms with Crippen molar-refractivity contribution in [3.8, 4) is 5.75 Å². The molecule has 0 fully saturated rings. The van der Waals surface area contributed by atoms with Crippen LogP contribution in [0, 0.1) is 0 Å². The number of carbonyl (C=O) groups excluding carboxylic acids is 1. The Morgan fingerprint density at radius 1 is 1.15 bits per heavy atom. The standard InChI is InChI=1S/C21H16ClF2N5O4S/c1-29-15-6-7-17(33-21(23)24)19(22)14(15)10-16(29)20(30)27-12-2-4-13(5-3-12)34(31,32)28-18-11-25-8-9-26-18/h2-11,21H,1H3,(H,26,28)(H,27,30). The van der Waals surface area contributed by atoms with E-state index in [-0.39, 0.29) is 27.2 Å². The van der Waals surface area contributed by atoms with Crippen LogP contribution in [0.15, 0.2) is 66.0 Å². The number of rotatable bonds is 7. The number of amides is 1. The first kappa shape index (κ1) is 23.4. The van der Waals surface area contributed by atoms with Crippen molar-refractivity contribution < 1.29 is 26.7 Å². The highest BCUT2D eigenvalue weighted by Crippen LogP contribution is 2.35. The maximum Gasteiger partial charge on any atom is 0.387 e. The molecule has 0 bridgehead atoms. The molecule has 0 unspecified atom stereocenters. The Morgan fingerprint density at radius 3 is 2.53 bits per heavy atom. The van der Waals surface area contributed by atoms with Crippen molar-refractivity contribution in [2.45, 2.75) is 11.5 Å². The van der Waals surface area contributed by atoms with Gasteiger partial charge in [0.05, 0.1) is 21.6 Å². The molecule has 2 heterocycles. The highest BCUT2D eigenvalue weighted by Gasteiger charge is 2.19. The van der Waals surface area contributed by atoms with Gasteiger partial charge in [0, 0.05) is 30.5 Å². The largest absolute Gasteiger partial charge is 0.433 e. The van der Waals surface area contributed by atoms with Crippen molar-refractivity contribution in [2.24, 2.45) is 7.05 Å². The van der Waals surface area contributed by atoms with Gasteiger partial charge in [-0.3, -0.25) is 14.5 Å². The van der Waals surface area contributed by atoms with Crippen molar-refractivity contribution in [3.05, 3.63) is 71.8 Å². The van der Waals surface area contributed by atoms with Gasteiger partial charge in [-0.05, 0) is 42.5 Å². The second-order valence-electron chi connectivity index (χ2n) is 6.95. The summed E-state index contributed by atoms with van der Waals surface area (Å²) in [5, 5.41) is 2.98. The number of hydrogen-bond donors (Lipinski definition) is 2. The Labute approximate surface area is 197 Å². The molecule has 2 aromatic heterocycles. The molecule has 2 N–H and O–H groups in total. The smallest absolute Gasteiger partial charge is 0.387 e. The molecule has 0 radical (unpaired) electrons. The number of nitrogens with one attached hydrogen (secondary N) is 2. The molecule has 34 heavy (non-hydrogen) atoms. The lowest BCUT2D eigenvalue weighted by molar-refractivity contribution is -0.0497. The quantitative estimate of drug-likeness (QED) is 0.386. The molecule has 1 amide bonds. The number of alkyl halides is 2. The first-order chi connectivity index (χ1) is 16.2. The molecular weight excluding hydrogens is 492 g/mol. The summed E-state index contributed by atoms with van der Waals surface area (Å²) in [6.45, 7) is -3.04. The fraction of sp³-hybridized carbons (Fsp3) is 0.0952. The maximum atomic E-state index is 12.8. The van der Waals surface area contributed by atoms with Gasteiger partial charge in [-0.25, -0.2) is 13.4 Å². The second-order valence-corrected chi connectivity index (χ2v) is 9.01. The van der Waals surface area contributed by atoms with E-state index in [0.717, 1.165) is 0 Å². The molecule has 0 aliphatic heterocycles.